The van der Waals surface area contributed by atoms with E-state index in [1.165, 1.54) is 24.9 Å². The van der Waals surface area contributed by atoms with Crippen LogP contribution >= 0.6 is 11.8 Å². The fraction of sp³-hybridized carbons (Fsp3) is 0.600. The Labute approximate surface area is 130 Å². The molecule has 1 unspecified atom stereocenters. The Bertz CT molecular complexity index is 417. The molecule has 0 radical (unpaired) electrons. The topological polar surface area (TPSA) is 79.5 Å². The molecule has 2 atom stereocenters. The summed E-state index contributed by atoms with van der Waals surface area (Å²) in [6.45, 7) is 1.22. The first-order valence-corrected chi connectivity index (χ1v) is 8.53. The lowest BCUT2D eigenvalue weighted by atomic mass is 10.1. The molecule has 1 aliphatic rings. The van der Waals surface area contributed by atoms with Gasteiger partial charge < -0.3 is 10.8 Å². The van der Waals surface area contributed by atoms with Crippen LogP contribution in [-0.2, 0) is 4.79 Å². The number of rotatable bonds is 5. The Morgan fingerprint density at radius 1 is 1.67 bits per heavy atom. The van der Waals surface area contributed by atoms with Gasteiger partial charge in [-0.1, -0.05) is 6.07 Å². The van der Waals surface area contributed by atoms with E-state index in [4.69, 9.17) is 10.8 Å². The highest BCUT2D eigenvalue weighted by atomic mass is 32.2. The summed E-state index contributed by atoms with van der Waals surface area (Å²) in [7, 11) is 2.19. The number of carboxylic acids is 1. The first-order chi connectivity index (χ1) is 10.1. The Balaban J connectivity index is 0.000000222. The van der Waals surface area contributed by atoms with Crippen molar-refractivity contribution in [2.24, 2.45) is 5.73 Å². The number of nitrogens with zero attached hydrogens (tertiary/aromatic N) is 2. The Hall–Kier alpha value is -1.11. The van der Waals surface area contributed by atoms with Crippen LogP contribution in [-0.4, -0.2) is 52.6 Å². The van der Waals surface area contributed by atoms with Gasteiger partial charge in [-0.2, -0.15) is 11.8 Å². The van der Waals surface area contributed by atoms with Crippen LogP contribution in [0.25, 0.3) is 0 Å². The molecule has 2 rings (SSSR count). The summed E-state index contributed by atoms with van der Waals surface area (Å²) in [5, 5.41) is 8.27. The van der Waals surface area contributed by atoms with Crippen molar-refractivity contribution in [1.82, 2.24) is 9.88 Å². The molecule has 3 N–H and O–H groups in total. The van der Waals surface area contributed by atoms with Gasteiger partial charge in [-0.15, -0.1) is 0 Å². The molecule has 5 nitrogen and oxygen atoms in total. The third kappa shape index (κ3) is 6.46. The standard InChI is InChI=1S/C10H14N2.C5H11NO2S/c1-12-7-3-5-10(12)9-4-2-6-11-8-9;1-9-3-2-4(6)5(7)8/h2,4,6,8,10H,3,5,7H2,1H3;4H,2-3,6H2,1H3,(H,7,8)/t10-;/m0./s1. The molecule has 118 valence electrons. The molecule has 0 aromatic carbocycles. The molecule has 1 aromatic heterocycles. The lowest BCUT2D eigenvalue weighted by Gasteiger charge is -2.18. The summed E-state index contributed by atoms with van der Waals surface area (Å²) >= 11 is 1.60. The number of likely N-dealkylation sites (tertiary alicyclic amines) is 1. The van der Waals surface area contributed by atoms with Gasteiger partial charge in [0.2, 0.25) is 0 Å². The summed E-state index contributed by atoms with van der Waals surface area (Å²) in [4.78, 5) is 16.6. The molecular weight excluding hydrogens is 286 g/mol. The molecule has 0 amide bonds. The normalized spacial score (nSPS) is 19.7. The second-order valence-electron chi connectivity index (χ2n) is 5.15. The van der Waals surface area contributed by atoms with Crippen molar-refractivity contribution in [3.05, 3.63) is 30.1 Å². The second kappa shape index (κ2) is 9.76. The van der Waals surface area contributed by atoms with Gasteiger partial charge in [0.25, 0.3) is 0 Å². The zero-order valence-electron chi connectivity index (χ0n) is 12.7. The van der Waals surface area contributed by atoms with E-state index in [0.717, 1.165) is 5.75 Å². The van der Waals surface area contributed by atoms with Crippen molar-refractivity contribution in [2.45, 2.75) is 31.3 Å². The highest BCUT2D eigenvalue weighted by Gasteiger charge is 2.21. The summed E-state index contributed by atoms with van der Waals surface area (Å²) in [6, 6.07) is 4.11. The summed E-state index contributed by atoms with van der Waals surface area (Å²) in [5.74, 6) is -0.1000. The SMILES string of the molecule is CN1CCC[C@H]1c1cccnc1.CSCCC(N)C(=O)O. The van der Waals surface area contributed by atoms with E-state index in [2.05, 4.69) is 23.0 Å². The first kappa shape index (κ1) is 17.9. The number of thioether (sulfide) groups is 1. The Morgan fingerprint density at radius 3 is 2.90 bits per heavy atom. The number of carboxylic acid groups (broad SMARTS) is 1. The maximum absolute atomic E-state index is 10.1. The maximum Gasteiger partial charge on any atom is 0.320 e. The number of pyridine rings is 1. The van der Waals surface area contributed by atoms with E-state index in [9.17, 15) is 4.79 Å². The fourth-order valence-electron chi connectivity index (χ4n) is 2.27. The fourth-order valence-corrected chi connectivity index (χ4v) is 2.76. The van der Waals surface area contributed by atoms with E-state index < -0.39 is 12.0 Å². The molecule has 1 aliphatic heterocycles. The second-order valence-corrected chi connectivity index (χ2v) is 6.14. The van der Waals surface area contributed by atoms with Crippen molar-refractivity contribution < 1.29 is 9.90 Å². The van der Waals surface area contributed by atoms with Crippen LogP contribution < -0.4 is 5.73 Å². The monoisotopic (exact) mass is 311 g/mol. The van der Waals surface area contributed by atoms with Crippen molar-refractivity contribution in [2.75, 3.05) is 25.6 Å². The molecular formula is C15H25N3O2S. The number of carbonyl (C=O) groups is 1. The summed E-state index contributed by atoms with van der Waals surface area (Å²) in [6.07, 6.45) is 8.88. The van der Waals surface area contributed by atoms with Gasteiger partial charge in [-0.25, -0.2) is 0 Å². The average molecular weight is 311 g/mol. The van der Waals surface area contributed by atoms with Gasteiger partial charge >= 0.3 is 5.97 Å². The van der Waals surface area contributed by atoms with Gasteiger partial charge in [-0.3, -0.25) is 14.7 Å². The zero-order chi connectivity index (χ0) is 15.7. The molecule has 0 aliphatic carbocycles. The lowest BCUT2D eigenvalue weighted by molar-refractivity contribution is -0.138. The van der Waals surface area contributed by atoms with Gasteiger partial charge in [0.05, 0.1) is 0 Å². The number of aliphatic carboxylic acids is 1. The maximum atomic E-state index is 10.1. The van der Waals surface area contributed by atoms with Crippen molar-refractivity contribution in [3.8, 4) is 0 Å². The summed E-state index contributed by atoms with van der Waals surface area (Å²) in [5.41, 5.74) is 6.55. The average Bonchev–Trinajstić information content (AvgIpc) is 2.92. The molecule has 2 heterocycles. The van der Waals surface area contributed by atoms with Crippen LogP contribution in [0.2, 0.25) is 0 Å². The van der Waals surface area contributed by atoms with Crippen molar-refractivity contribution in [3.63, 3.8) is 0 Å². The largest absolute Gasteiger partial charge is 0.480 e. The third-order valence-electron chi connectivity index (χ3n) is 3.54. The highest BCUT2D eigenvalue weighted by Crippen LogP contribution is 2.29. The Morgan fingerprint density at radius 2 is 2.43 bits per heavy atom. The lowest BCUT2D eigenvalue weighted by Crippen LogP contribution is -2.30. The molecule has 1 aromatic rings. The third-order valence-corrected chi connectivity index (χ3v) is 4.18. The number of nitrogens with two attached hydrogens (primary N) is 1. The molecule has 21 heavy (non-hydrogen) atoms. The van der Waals surface area contributed by atoms with Crippen molar-refractivity contribution >= 4 is 17.7 Å². The minimum absolute atomic E-state index is 0.552. The number of aromatic nitrogens is 1. The van der Waals surface area contributed by atoms with E-state index in [0.29, 0.717) is 12.5 Å². The van der Waals surface area contributed by atoms with Gasteiger partial charge in [0.1, 0.15) is 6.04 Å². The van der Waals surface area contributed by atoms with Gasteiger partial charge in [-0.05, 0) is 56.5 Å². The number of hydrogen-bond donors (Lipinski definition) is 2. The van der Waals surface area contributed by atoms with Crippen LogP contribution in [0.1, 0.15) is 30.9 Å². The molecule has 0 saturated carbocycles. The van der Waals surface area contributed by atoms with Crippen LogP contribution in [0.5, 0.6) is 0 Å². The van der Waals surface area contributed by atoms with Gasteiger partial charge in [0.15, 0.2) is 0 Å². The van der Waals surface area contributed by atoms with Crippen LogP contribution in [0.15, 0.2) is 24.5 Å². The first-order valence-electron chi connectivity index (χ1n) is 7.13. The quantitative estimate of drug-likeness (QED) is 0.866. The van der Waals surface area contributed by atoms with E-state index in [1.54, 1.807) is 11.8 Å². The van der Waals surface area contributed by atoms with Crippen molar-refractivity contribution in [1.29, 1.82) is 0 Å². The smallest absolute Gasteiger partial charge is 0.320 e. The van der Waals surface area contributed by atoms with Crippen LogP contribution in [0.4, 0.5) is 0 Å². The molecule has 0 spiro atoms. The van der Waals surface area contributed by atoms with Gasteiger partial charge in [0, 0.05) is 18.4 Å². The predicted octanol–water partition coefficient (Wildman–Crippen LogP) is 2.00. The summed E-state index contributed by atoms with van der Waals surface area (Å²) < 4.78 is 0. The zero-order valence-corrected chi connectivity index (χ0v) is 13.6. The molecule has 1 fully saturated rings. The van der Waals surface area contributed by atoms with Crippen LogP contribution in [0, 0.1) is 0 Å². The number of hydrogen-bond acceptors (Lipinski definition) is 5. The Kier molecular flexibility index (Phi) is 8.34. The minimum Gasteiger partial charge on any atom is -0.480 e. The van der Waals surface area contributed by atoms with E-state index >= 15 is 0 Å². The molecule has 0 bridgehead atoms. The predicted molar refractivity (Wildman–Crippen MR) is 87.5 cm³/mol. The molecule has 6 heteroatoms. The van der Waals surface area contributed by atoms with Crippen LogP contribution in [0.3, 0.4) is 0 Å². The van der Waals surface area contributed by atoms with E-state index in [-0.39, 0.29) is 0 Å². The minimum atomic E-state index is -0.913. The molecule has 1 saturated heterocycles. The van der Waals surface area contributed by atoms with E-state index in [1.807, 2.05) is 24.7 Å². The highest BCUT2D eigenvalue weighted by molar-refractivity contribution is 7.98.